The zero-order valence-electron chi connectivity index (χ0n) is 13.4. The number of nitrogens with one attached hydrogen (secondary N) is 1. The molecule has 1 aliphatic heterocycles. The van der Waals surface area contributed by atoms with Crippen molar-refractivity contribution in [1.82, 2.24) is 4.98 Å². The predicted octanol–water partition coefficient (Wildman–Crippen LogP) is 3.15. The molecule has 0 spiro atoms. The minimum atomic E-state index is -0.477. The highest BCUT2D eigenvalue weighted by molar-refractivity contribution is 6.08. The lowest BCUT2D eigenvalue weighted by Crippen LogP contribution is -2.24. The number of aromatic nitrogens is 1. The maximum atomic E-state index is 12.7. The number of aryl methyl sites for hydroxylation is 1. The van der Waals surface area contributed by atoms with E-state index < -0.39 is 4.92 Å². The zero-order chi connectivity index (χ0) is 17.1. The number of benzene rings is 1. The molecule has 7 heteroatoms. The van der Waals surface area contributed by atoms with Gasteiger partial charge in [0.05, 0.1) is 16.2 Å². The topological polar surface area (TPSA) is 88.4 Å². The largest absolute Gasteiger partial charge is 0.356 e. The molecular weight excluding hydrogens is 308 g/mol. The van der Waals surface area contributed by atoms with E-state index in [1.54, 1.807) is 31.3 Å². The zero-order valence-corrected chi connectivity index (χ0v) is 13.4. The van der Waals surface area contributed by atoms with Crippen molar-refractivity contribution in [2.45, 2.75) is 19.8 Å². The van der Waals surface area contributed by atoms with Crippen LogP contribution in [0.25, 0.3) is 0 Å². The van der Waals surface area contributed by atoms with E-state index in [1.807, 2.05) is 0 Å². The second-order valence-corrected chi connectivity index (χ2v) is 5.78. The summed E-state index contributed by atoms with van der Waals surface area (Å²) in [5, 5.41) is 13.7. The van der Waals surface area contributed by atoms with Crippen molar-refractivity contribution in [3.05, 3.63) is 57.8 Å². The summed E-state index contributed by atoms with van der Waals surface area (Å²) in [4.78, 5) is 29.6. The van der Waals surface area contributed by atoms with Crippen LogP contribution in [-0.2, 0) is 0 Å². The molecule has 124 valence electrons. The van der Waals surface area contributed by atoms with Gasteiger partial charge in [-0.15, -0.1) is 0 Å². The van der Waals surface area contributed by atoms with Crippen LogP contribution in [0.2, 0.25) is 0 Å². The van der Waals surface area contributed by atoms with Gasteiger partial charge in [-0.05, 0) is 37.5 Å². The number of rotatable bonds is 4. The number of non-ortho nitro benzene ring substituents is 1. The van der Waals surface area contributed by atoms with Crippen molar-refractivity contribution in [3.63, 3.8) is 0 Å². The Kier molecular flexibility index (Phi) is 4.41. The lowest BCUT2D eigenvalue weighted by Gasteiger charge is -2.19. The first-order valence-electron chi connectivity index (χ1n) is 7.82. The average molecular weight is 326 g/mol. The standard InChI is InChI=1S/C17H18N4O3/c1-12-6-7-13(21(23)24)11-15(12)19-17(22)14-5-4-8-18-16(14)20-9-2-3-10-20/h4-8,11H,2-3,9-10H2,1H3,(H,19,22). The van der Waals surface area contributed by atoms with E-state index >= 15 is 0 Å². The molecule has 1 aromatic heterocycles. The van der Waals surface area contributed by atoms with E-state index in [2.05, 4.69) is 15.2 Å². The smallest absolute Gasteiger partial charge is 0.271 e. The summed E-state index contributed by atoms with van der Waals surface area (Å²) in [5.41, 5.74) is 1.62. The number of carbonyl (C=O) groups is 1. The highest BCUT2D eigenvalue weighted by atomic mass is 16.6. The van der Waals surface area contributed by atoms with Crippen LogP contribution in [0.15, 0.2) is 36.5 Å². The lowest BCUT2D eigenvalue weighted by atomic mass is 10.1. The number of hydrogen-bond acceptors (Lipinski definition) is 5. The summed E-state index contributed by atoms with van der Waals surface area (Å²) in [5.74, 6) is 0.351. The Balaban J connectivity index is 1.88. The molecule has 0 saturated carbocycles. The molecule has 2 aromatic rings. The van der Waals surface area contributed by atoms with Crippen LogP contribution in [0.5, 0.6) is 0 Å². The number of carbonyl (C=O) groups excluding carboxylic acids is 1. The molecule has 3 rings (SSSR count). The third kappa shape index (κ3) is 3.19. The molecule has 2 heterocycles. The fourth-order valence-electron chi connectivity index (χ4n) is 2.80. The molecule has 0 bridgehead atoms. The Morgan fingerprint density at radius 3 is 2.75 bits per heavy atom. The molecule has 1 amide bonds. The summed E-state index contributed by atoms with van der Waals surface area (Å²) in [6, 6.07) is 7.86. The summed E-state index contributed by atoms with van der Waals surface area (Å²) in [7, 11) is 0. The third-order valence-corrected chi connectivity index (χ3v) is 4.12. The van der Waals surface area contributed by atoms with Crippen LogP contribution >= 0.6 is 0 Å². The van der Waals surface area contributed by atoms with Gasteiger partial charge in [-0.25, -0.2) is 4.98 Å². The van der Waals surface area contributed by atoms with Gasteiger partial charge < -0.3 is 10.2 Å². The van der Waals surface area contributed by atoms with E-state index in [0.717, 1.165) is 31.5 Å². The average Bonchev–Trinajstić information content (AvgIpc) is 3.11. The molecule has 0 atom stereocenters. The first kappa shape index (κ1) is 15.9. The number of amides is 1. The van der Waals surface area contributed by atoms with Crippen LogP contribution in [-0.4, -0.2) is 28.9 Å². The van der Waals surface area contributed by atoms with Gasteiger partial charge >= 0.3 is 0 Å². The van der Waals surface area contributed by atoms with Crippen molar-refractivity contribution in [2.75, 3.05) is 23.3 Å². The van der Waals surface area contributed by atoms with E-state index in [4.69, 9.17) is 0 Å². The van der Waals surface area contributed by atoms with Gasteiger partial charge in [-0.2, -0.15) is 0 Å². The lowest BCUT2D eigenvalue weighted by molar-refractivity contribution is -0.384. The third-order valence-electron chi connectivity index (χ3n) is 4.12. The summed E-state index contributed by atoms with van der Waals surface area (Å²) >= 11 is 0. The molecule has 1 saturated heterocycles. The Morgan fingerprint density at radius 2 is 2.04 bits per heavy atom. The highest BCUT2D eigenvalue weighted by Crippen LogP contribution is 2.25. The number of pyridine rings is 1. The molecule has 0 radical (unpaired) electrons. The Labute approximate surface area is 139 Å². The maximum absolute atomic E-state index is 12.7. The van der Waals surface area contributed by atoms with Gasteiger partial charge in [0.2, 0.25) is 0 Å². The van der Waals surface area contributed by atoms with Crippen LogP contribution in [0.4, 0.5) is 17.2 Å². The fourth-order valence-corrected chi connectivity index (χ4v) is 2.80. The minimum absolute atomic E-state index is 0.0538. The molecule has 0 unspecified atom stereocenters. The Bertz CT molecular complexity index is 785. The summed E-state index contributed by atoms with van der Waals surface area (Å²) in [6.07, 6.45) is 3.84. The second kappa shape index (κ2) is 6.66. The van der Waals surface area contributed by atoms with Gasteiger partial charge in [-0.3, -0.25) is 14.9 Å². The number of anilines is 2. The SMILES string of the molecule is Cc1ccc([N+](=O)[O-])cc1NC(=O)c1cccnc1N1CCCC1. The second-order valence-electron chi connectivity index (χ2n) is 5.78. The monoisotopic (exact) mass is 326 g/mol. The van der Waals surface area contributed by atoms with Crippen LogP contribution in [0.1, 0.15) is 28.8 Å². The van der Waals surface area contributed by atoms with Crippen molar-refractivity contribution in [1.29, 1.82) is 0 Å². The molecule has 1 N–H and O–H groups in total. The number of nitrogens with zero attached hydrogens (tertiary/aromatic N) is 3. The number of nitro benzene ring substituents is 1. The molecule has 1 aromatic carbocycles. The normalized spacial score (nSPS) is 13.8. The Hall–Kier alpha value is -2.96. The first-order valence-corrected chi connectivity index (χ1v) is 7.82. The van der Waals surface area contributed by atoms with Crippen molar-refractivity contribution in [2.24, 2.45) is 0 Å². The first-order chi connectivity index (χ1) is 11.6. The Morgan fingerprint density at radius 1 is 1.29 bits per heavy atom. The van der Waals surface area contributed by atoms with E-state index in [0.29, 0.717) is 17.1 Å². The van der Waals surface area contributed by atoms with Crippen molar-refractivity contribution >= 4 is 23.1 Å². The summed E-state index contributed by atoms with van der Waals surface area (Å²) in [6.45, 7) is 3.56. The van der Waals surface area contributed by atoms with E-state index in [1.165, 1.54) is 12.1 Å². The van der Waals surface area contributed by atoms with E-state index in [9.17, 15) is 14.9 Å². The van der Waals surface area contributed by atoms with Gasteiger partial charge in [0, 0.05) is 31.4 Å². The van der Waals surface area contributed by atoms with Gasteiger partial charge in [-0.1, -0.05) is 6.07 Å². The summed E-state index contributed by atoms with van der Waals surface area (Å²) < 4.78 is 0. The van der Waals surface area contributed by atoms with Crippen LogP contribution in [0.3, 0.4) is 0 Å². The quantitative estimate of drug-likeness (QED) is 0.689. The molecule has 1 aliphatic rings. The number of hydrogen-bond donors (Lipinski definition) is 1. The van der Waals surface area contributed by atoms with Crippen molar-refractivity contribution < 1.29 is 9.72 Å². The van der Waals surface area contributed by atoms with E-state index in [-0.39, 0.29) is 11.6 Å². The number of nitro groups is 1. The minimum Gasteiger partial charge on any atom is -0.356 e. The van der Waals surface area contributed by atoms with Crippen LogP contribution in [0, 0.1) is 17.0 Å². The molecule has 0 aliphatic carbocycles. The molecule has 1 fully saturated rings. The molecular formula is C17H18N4O3. The molecule has 24 heavy (non-hydrogen) atoms. The predicted molar refractivity (Wildman–Crippen MR) is 91.5 cm³/mol. The van der Waals surface area contributed by atoms with Gasteiger partial charge in [0.15, 0.2) is 0 Å². The maximum Gasteiger partial charge on any atom is 0.271 e. The fraction of sp³-hybridized carbons (Fsp3) is 0.294. The van der Waals surface area contributed by atoms with Crippen molar-refractivity contribution in [3.8, 4) is 0 Å². The van der Waals surface area contributed by atoms with Gasteiger partial charge in [0.25, 0.3) is 11.6 Å². The highest BCUT2D eigenvalue weighted by Gasteiger charge is 2.21. The molecule has 7 nitrogen and oxygen atoms in total. The van der Waals surface area contributed by atoms with Crippen LogP contribution < -0.4 is 10.2 Å². The van der Waals surface area contributed by atoms with Gasteiger partial charge in [0.1, 0.15) is 5.82 Å².